The van der Waals surface area contributed by atoms with Gasteiger partial charge in [0.1, 0.15) is 5.82 Å². The molecule has 1 amide bonds. The van der Waals surface area contributed by atoms with Crippen molar-refractivity contribution >= 4 is 11.7 Å². The van der Waals surface area contributed by atoms with Gasteiger partial charge in [-0.2, -0.15) is 10.1 Å². The minimum absolute atomic E-state index is 0.0297. The summed E-state index contributed by atoms with van der Waals surface area (Å²) in [5.74, 6) is 1.33. The van der Waals surface area contributed by atoms with Crippen LogP contribution in [0.1, 0.15) is 41.8 Å². The van der Waals surface area contributed by atoms with Gasteiger partial charge in [0, 0.05) is 42.2 Å². The van der Waals surface area contributed by atoms with Crippen molar-refractivity contribution in [3.63, 3.8) is 0 Å². The third-order valence-electron chi connectivity index (χ3n) is 4.41. The molecule has 3 heterocycles. The zero-order valence-electron chi connectivity index (χ0n) is 15.7. The molecule has 0 aliphatic heterocycles. The molecule has 0 radical (unpaired) electrons. The highest BCUT2D eigenvalue weighted by molar-refractivity contribution is 5.76. The lowest BCUT2D eigenvalue weighted by atomic mass is 10.1. The Kier molecular flexibility index (Phi) is 5.25. The summed E-state index contributed by atoms with van der Waals surface area (Å²) in [6, 6.07) is 5.85. The maximum atomic E-state index is 12.3. The number of hydrogen-bond donors (Lipinski definition) is 1. The van der Waals surface area contributed by atoms with Gasteiger partial charge in [-0.25, -0.2) is 9.50 Å². The van der Waals surface area contributed by atoms with Gasteiger partial charge < -0.3 is 5.32 Å². The number of hydrogen-bond acceptors (Lipinski definition) is 5. The molecule has 0 aliphatic carbocycles. The van der Waals surface area contributed by atoms with Gasteiger partial charge in [0.05, 0.1) is 0 Å². The van der Waals surface area contributed by atoms with Crippen LogP contribution in [0.2, 0.25) is 0 Å². The monoisotopic (exact) mass is 352 g/mol. The van der Waals surface area contributed by atoms with Gasteiger partial charge >= 0.3 is 0 Å². The predicted octanol–water partition coefficient (Wildman–Crippen LogP) is 2.12. The van der Waals surface area contributed by atoms with E-state index in [4.69, 9.17) is 0 Å². The van der Waals surface area contributed by atoms with Crippen LogP contribution < -0.4 is 5.32 Å². The number of rotatable bonds is 6. The Morgan fingerprint density at radius 3 is 2.77 bits per heavy atom. The topological polar surface area (TPSA) is 85.1 Å². The molecule has 7 heteroatoms. The van der Waals surface area contributed by atoms with Crippen LogP contribution in [-0.2, 0) is 17.6 Å². The van der Waals surface area contributed by atoms with Crippen molar-refractivity contribution in [2.24, 2.45) is 0 Å². The fraction of sp³-hybridized carbons (Fsp3) is 0.421. The first kappa shape index (κ1) is 18.0. The first-order chi connectivity index (χ1) is 12.4. The number of fused-ring (bicyclic) bond motifs is 1. The van der Waals surface area contributed by atoms with Gasteiger partial charge in [0.2, 0.25) is 5.91 Å². The van der Waals surface area contributed by atoms with Crippen LogP contribution in [0.5, 0.6) is 0 Å². The van der Waals surface area contributed by atoms with E-state index in [0.29, 0.717) is 24.4 Å². The fourth-order valence-corrected chi connectivity index (χ4v) is 3.14. The van der Waals surface area contributed by atoms with Crippen LogP contribution in [0.4, 0.5) is 0 Å². The third-order valence-corrected chi connectivity index (χ3v) is 4.41. The molecule has 0 saturated carbocycles. The summed E-state index contributed by atoms with van der Waals surface area (Å²) < 4.78 is 1.75. The number of aromatic nitrogens is 5. The van der Waals surface area contributed by atoms with E-state index in [0.717, 1.165) is 29.1 Å². The molecule has 3 aromatic rings. The zero-order chi connectivity index (χ0) is 18.7. The molecule has 0 saturated heterocycles. The zero-order valence-corrected chi connectivity index (χ0v) is 15.7. The normalized spacial score (nSPS) is 12.3. The lowest BCUT2D eigenvalue weighted by Gasteiger charge is -2.14. The molecule has 0 aromatic carbocycles. The van der Waals surface area contributed by atoms with Gasteiger partial charge in [0.15, 0.2) is 0 Å². The van der Waals surface area contributed by atoms with Crippen molar-refractivity contribution in [2.45, 2.75) is 53.0 Å². The highest BCUT2D eigenvalue weighted by atomic mass is 16.1. The molecule has 0 fully saturated rings. The van der Waals surface area contributed by atoms with Gasteiger partial charge in [0.25, 0.3) is 5.78 Å². The fourth-order valence-electron chi connectivity index (χ4n) is 3.14. The Balaban J connectivity index is 1.61. The minimum atomic E-state index is 0.0297. The SMILES string of the molecule is Cc1nc2nc(C)c(CCC(=O)N[C@H](C)Cc3ccccn3)c(C)n2n1. The molecule has 3 rings (SSSR count). The van der Waals surface area contributed by atoms with E-state index < -0.39 is 0 Å². The highest BCUT2D eigenvalue weighted by Gasteiger charge is 2.14. The molecule has 1 atom stereocenters. The molecule has 26 heavy (non-hydrogen) atoms. The van der Waals surface area contributed by atoms with Crippen molar-refractivity contribution in [1.29, 1.82) is 0 Å². The molecule has 0 aliphatic rings. The van der Waals surface area contributed by atoms with Crippen molar-refractivity contribution in [3.05, 3.63) is 52.9 Å². The quantitative estimate of drug-likeness (QED) is 0.734. The average molecular weight is 352 g/mol. The molecule has 7 nitrogen and oxygen atoms in total. The van der Waals surface area contributed by atoms with E-state index in [2.05, 4.69) is 25.4 Å². The van der Waals surface area contributed by atoms with Gasteiger partial charge in [-0.3, -0.25) is 9.78 Å². The van der Waals surface area contributed by atoms with Gasteiger partial charge in [-0.15, -0.1) is 0 Å². The Morgan fingerprint density at radius 2 is 2.04 bits per heavy atom. The summed E-state index contributed by atoms with van der Waals surface area (Å²) in [7, 11) is 0. The largest absolute Gasteiger partial charge is 0.353 e. The second kappa shape index (κ2) is 7.59. The predicted molar refractivity (Wildman–Crippen MR) is 98.9 cm³/mol. The third kappa shape index (κ3) is 4.04. The number of aryl methyl sites for hydroxylation is 3. The van der Waals surface area contributed by atoms with Crippen molar-refractivity contribution in [3.8, 4) is 0 Å². The van der Waals surface area contributed by atoms with E-state index >= 15 is 0 Å². The Hall–Kier alpha value is -2.83. The molecule has 0 spiro atoms. The average Bonchev–Trinajstić information content (AvgIpc) is 2.95. The standard InChI is InChI=1S/C19H24N6O/c1-12(11-16-7-5-6-10-20-16)21-18(26)9-8-17-13(2)22-19-23-15(4)24-25(19)14(17)3/h5-7,10,12H,8-9,11H2,1-4H3,(H,21,26)/t12-/m1/s1. The van der Waals surface area contributed by atoms with Crippen LogP contribution in [0.15, 0.2) is 24.4 Å². The smallest absolute Gasteiger partial charge is 0.252 e. The summed E-state index contributed by atoms with van der Waals surface area (Å²) >= 11 is 0. The summed E-state index contributed by atoms with van der Waals surface area (Å²) in [5, 5.41) is 7.42. The van der Waals surface area contributed by atoms with Gasteiger partial charge in [-0.1, -0.05) is 6.07 Å². The van der Waals surface area contributed by atoms with E-state index in [-0.39, 0.29) is 11.9 Å². The number of pyridine rings is 1. The number of nitrogens with one attached hydrogen (secondary N) is 1. The maximum absolute atomic E-state index is 12.3. The second-order valence-electron chi connectivity index (χ2n) is 6.63. The van der Waals surface area contributed by atoms with Crippen LogP contribution in [-0.4, -0.2) is 36.5 Å². The molecule has 0 unspecified atom stereocenters. The number of carbonyl (C=O) groups excluding carboxylic acids is 1. The van der Waals surface area contributed by atoms with Crippen LogP contribution in [0.25, 0.3) is 5.78 Å². The van der Waals surface area contributed by atoms with E-state index in [1.165, 1.54) is 0 Å². The molecular formula is C19H24N6O. The van der Waals surface area contributed by atoms with Crippen LogP contribution in [0.3, 0.4) is 0 Å². The molecule has 0 bridgehead atoms. The molecule has 1 N–H and O–H groups in total. The van der Waals surface area contributed by atoms with E-state index in [1.54, 1.807) is 10.7 Å². The number of amides is 1. The summed E-state index contributed by atoms with van der Waals surface area (Å²) in [5.41, 5.74) is 3.91. The van der Waals surface area contributed by atoms with Crippen LogP contribution in [0, 0.1) is 20.8 Å². The first-order valence-electron chi connectivity index (χ1n) is 8.82. The summed E-state index contributed by atoms with van der Waals surface area (Å²) in [6.07, 6.45) is 3.53. The number of nitrogens with zero attached hydrogens (tertiary/aromatic N) is 5. The maximum Gasteiger partial charge on any atom is 0.252 e. The lowest BCUT2D eigenvalue weighted by molar-refractivity contribution is -0.121. The van der Waals surface area contributed by atoms with Crippen molar-refractivity contribution in [1.82, 2.24) is 29.9 Å². The second-order valence-corrected chi connectivity index (χ2v) is 6.63. The number of carbonyl (C=O) groups is 1. The minimum Gasteiger partial charge on any atom is -0.353 e. The summed E-state index contributed by atoms with van der Waals surface area (Å²) in [6.45, 7) is 7.79. The molecule has 136 valence electrons. The van der Waals surface area contributed by atoms with E-state index in [9.17, 15) is 4.79 Å². The van der Waals surface area contributed by atoms with Crippen molar-refractivity contribution < 1.29 is 4.79 Å². The lowest BCUT2D eigenvalue weighted by Crippen LogP contribution is -2.34. The highest BCUT2D eigenvalue weighted by Crippen LogP contribution is 2.15. The Labute approximate surface area is 152 Å². The van der Waals surface area contributed by atoms with Crippen molar-refractivity contribution in [2.75, 3.05) is 0 Å². The first-order valence-corrected chi connectivity index (χ1v) is 8.82. The Morgan fingerprint density at radius 1 is 1.23 bits per heavy atom. The molecular weight excluding hydrogens is 328 g/mol. The van der Waals surface area contributed by atoms with E-state index in [1.807, 2.05) is 45.9 Å². The van der Waals surface area contributed by atoms with Crippen LogP contribution >= 0.6 is 0 Å². The van der Waals surface area contributed by atoms with Gasteiger partial charge in [-0.05, 0) is 51.8 Å². The summed E-state index contributed by atoms with van der Waals surface area (Å²) in [4.78, 5) is 25.4. The Bertz CT molecular complexity index is 919. The molecule has 3 aromatic heterocycles.